The van der Waals surface area contributed by atoms with Gasteiger partial charge >= 0.3 is 0 Å². The van der Waals surface area contributed by atoms with Crippen LogP contribution in [0.25, 0.3) is 28.2 Å². The number of para-hydroxylation sites is 1. The van der Waals surface area contributed by atoms with Gasteiger partial charge in [0.05, 0.1) is 11.1 Å². The topological polar surface area (TPSA) is 130 Å². The Morgan fingerprint density at radius 1 is 1.14 bits per heavy atom. The summed E-state index contributed by atoms with van der Waals surface area (Å²) in [5, 5.41) is 19.9. The summed E-state index contributed by atoms with van der Waals surface area (Å²) in [6.45, 7) is 0.366. The summed E-state index contributed by atoms with van der Waals surface area (Å²) >= 11 is 0. The zero-order valence-corrected chi connectivity index (χ0v) is 20.0. The fourth-order valence-electron chi connectivity index (χ4n) is 3.94. The number of hydrogen-bond acceptors (Lipinski definition) is 7. The first-order valence-corrected chi connectivity index (χ1v) is 11.3. The average molecular weight is 483 g/mol. The van der Waals surface area contributed by atoms with Crippen LogP contribution in [0.15, 0.2) is 66.5 Å². The molecule has 0 spiro atoms. The molecule has 0 aliphatic carbocycles. The first kappa shape index (κ1) is 24.4. The number of aliphatic hydroxyl groups excluding tert-OH is 1. The molecule has 36 heavy (non-hydrogen) atoms. The number of benzene rings is 2. The third-order valence-electron chi connectivity index (χ3n) is 5.61. The normalized spacial score (nSPS) is 11.3. The summed E-state index contributed by atoms with van der Waals surface area (Å²) in [5.41, 5.74) is 8.87. The van der Waals surface area contributed by atoms with Crippen LogP contribution in [0.3, 0.4) is 0 Å². The Bertz CT molecular complexity index is 1450. The molecule has 2 aromatic heterocycles. The molecule has 0 bridgehead atoms. The van der Waals surface area contributed by atoms with Gasteiger partial charge in [-0.05, 0) is 42.3 Å². The minimum atomic E-state index is -0.423. The van der Waals surface area contributed by atoms with Gasteiger partial charge in [0, 0.05) is 32.8 Å². The quantitative estimate of drug-likeness (QED) is 0.288. The standard InChI is InChI=1S/C27H26N6O3/c1-32(2)27(35)19(16-28)15-22-23(24-25(29)30-17-31-26(24)33(22)13-6-14-34)18-9-11-21(12-10-18)36-20-7-4-3-5-8-20/h3-5,7-12,15,17,34H,6,13-14H2,1-2H3,(H2,29,30,31)/b19-15+. The van der Waals surface area contributed by atoms with Crippen molar-refractivity contribution in [3.8, 4) is 28.7 Å². The van der Waals surface area contributed by atoms with Crippen molar-refractivity contribution in [2.24, 2.45) is 0 Å². The maximum Gasteiger partial charge on any atom is 0.264 e. The molecule has 4 aromatic rings. The Hall–Kier alpha value is -4.68. The lowest BCUT2D eigenvalue weighted by Crippen LogP contribution is -2.23. The number of aliphatic hydroxyl groups is 1. The highest BCUT2D eigenvalue weighted by atomic mass is 16.5. The minimum absolute atomic E-state index is 0.0357. The maximum absolute atomic E-state index is 12.7. The predicted molar refractivity (Wildman–Crippen MR) is 138 cm³/mol. The van der Waals surface area contributed by atoms with Crippen molar-refractivity contribution in [1.29, 1.82) is 5.26 Å². The largest absolute Gasteiger partial charge is 0.457 e. The Kier molecular flexibility index (Phi) is 7.28. The summed E-state index contributed by atoms with van der Waals surface area (Å²) in [4.78, 5) is 22.6. The Morgan fingerprint density at radius 3 is 2.47 bits per heavy atom. The van der Waals surface area contributed by atoms with Crippen LogP contribution in [0.1, 0.15) is 12.1 Å². The number of ether oxygens (including phenoxy) is 1. The number of aromatic nitrogens is 3. The second kappa shape index (κ2) is 10.7. The van der Waals surface area contributed by atoms with Crippen molar-refractivity contribution in [2.75, 3.05) is 26.4 Å². The number of amides is 1. The number of likely N-dealkylation sites (N-methyl/N-ethyl adjacent to an activating group) is 1. The molecule has 3 N–H and O–H groups in total. The van der Waals surface area contributed by atoms with Gasteiger partial charge in [0.2, 0.25) is 0 Å². The Balaban J connectivity index is 1.92. The number of fused-ring (bicyclic) bond motifs is 1. The van der Waals surface area contributed by atoms with Crippen LogP contribution in [0, 0.1) is 11.3 Å². The molecule has 0 fully saturated rings. The molecule has 2 heterocycles. The fourth-order valence-corrected chi connectivity index (χ4v) is 3.94. The number of anilines is 1. The minimum Gasteiger partial charge on any atom is -0.457 e. The van der Waals surface area contributed by atoms with Gasteiger partial charge in [0.25, 0.3) is 5.91 Å². The number of nitrogens with zero attached hydrogens (tertiary/aromatic N) is 5. The van der Waals surface area contributed by atoms with Crippen LogP contribution < -0.4 is 10.5 Å². The van der Waals surface area contributed by atoms with E-state index in [-0.39, 0.29) is 18.0 Å². The van der Waals surface area contributed by atoms with E-state index in [0.29, 0.717) is 46.8 Å². The molecule has 2 aromatic carbocycles. The summed E-state index contributed by atoms with van der Waals surface area (Å²) < 4.78 is 7.78. The third kappa shape index (κ3) is 4.89. The van der Waals surface area contributed by atoms with Crippen molar-refractivity contribution < 1.29 is 14.6 Å². The lowest BCUT2D eigenvalue weighted by molar-refractivity contribution is -0.124. The van der Waals surface area contributed by atoms with Crippen LogP contribution in [-0.4, -0.2) is 51.2 Å². The van der Waals surface area contributed by atoms with E-state index in [1.54, 1.807) is 20.2 Å². The van der Waals surface area contributed by atoms with Gasteiger partial charge in [0.15, 0.2) is 0 Å². The molecule has 0 aliphatic rings. The molecule has 0 radical (unpaired) electrons. The fraction of sp³-hybridized carbons (Fsp3) is 0.185. The van der Waals surface area contributed by atoms with Gasteiger partial charge in [-0.1, -0.05) is 30.3 Å². The van der Waals surface area contributed by atoms with Crippen molar-refractivity contribution in [1.82, 2.24) is 19.4 Å². The van der Waals surface area contributed by atoms with E-state index >= 15 is 0 Å². The number of carbonyl (C=O) groups is 1. The highest BCUT2D eigenvalue weighted by Gasteiger charge is 2.23. The molecular formula is C27H26N6O3. The first-order chi connectivity index (χ1) is 17.4. The van der Waals surface area contributed by atoms with Crippen LogP contribution in [0.4, 0.5) is 5.82 Å². The average Bonchev–Trinajstić information content (AvgIpc) is 3.20. The Labute approximate surface area is 208 Å². The number of hydrogen-bond donors (Lipinski definition) is 2. The molecule has 0 saturated carbocycles. The van der Waals surface area contributed by atoms with E-state index in [1.807, 2.05) is 65.2 Å². The van der Waals surface area contributed by atoms with Crippen molar-refractivity contribution in [3.63, 3.8) is 0 Å². The number of carbonyl (C=O) groups excluding carboxylic acids is 1. The van der Waals surface area contributed by atoms with Crippen LogP contribution in [0.5, 0.6) is 11.5 Å². The first-order valence-electron chi connectivity index (χ1n) is 11.3. The van der Waals surface area contributed by atoms with Gasteiger partial charge in [-0.25, -0.2) is 9.97 Å². The zero-order valence-electron chi connectivity index (χ0n) is 20.0. The molecular weight excluding hydrogens is 456 g/mol. The number of nitrogens with two attached hydrogens (primary N) is 1. The maximum atomic E-state index is 12.7. The highest BCUT2D eigenvalue weighted by molar-refractivity contribution is 6.08. The summed E-state index contributed by atoms with van der Waals surface area (Å²) in [6, 6.07) is 18.9. The van der Waals surface area contributed by atoms with E-state index in [4.69, 9.17) is 10.5 Å². The summed E-state index contributed by atoms with van der Waals surface area (Å²) in [6.07, 6.45) is 3.36. The van der Waals surface area contributed by atoms with Gasteiger partial charge in [-0.15, -0.1) is 0 Å². The molecule has 182 valence electrons. The van der Waals surface area contributed by atoms with E-state index < -0.39 is 5.91 Å². The second-order valence-corrected chi connectivity index (χ2v) is 8.26. The molecule has 0 saturated heterocycles. The lowest BCUT2D eigenvalue weighted by atomic mass is 10.0. The monoisotopic (exact) mass is 482 g/mol. The van der Waals surface area contributed by atoms with Crippen molar-refractivity contribution >= 4 is 28.8 Å². The SMILES string of the molecule is CN(C)C(=O)/C(C#N)=C/c1c(-c2ccc(Oc3ccccc3)cc2)c2c(N)ncnc2n1CCCO. The number of nitrogen functional groups attached to an aromatic ring is 1. The molecule has 1 amide bonds. The van der Waals surface area contributed by atoms with E-state index in [1.165, 1.54) is 11.2 Å². The third-order valence-corrected chi connectivity index (χ3v) is 5.61. The number of nitriles is 1. The lowest BCUT2D eigenvalue weighted by Gasteiger charge is -2.12. The molecule has 9 nitrogen and oxygen atoms in total. The molecule has 4 rings (SSSR count). The summed E-state index contributed by atoms with van der Waals surface area (Å²) in [7, 11) is 3.18. The zero-order chi connectivity index (χ0) is 25.7. The van der Waals surface area contributed by atoms with E-state index in [0.717, 1.165) is 5.56 Å². The molecule has 9 heteroatoms. The van der Waals surface area contributed by atoms with Crippen molar-refractivity contribution in [2.45, 2.75) is 13.0 Å². The van der Waals surface area contributed by atoms with E-state index in [9.17, 15) is 15.2 Å². The molecule has 0 aliphatic heterocycles. The number of aryl methyl sites for hydroxylation is 1. The summed E-state index contributed by atoms with van der Waals surface area (Å²) in [5.74, 6) is 1.21. The van der Waals surface area contributed by atoms with Gasteiger partial charge < -0.3 is 25.0 Å². The van der Waals surface area contributed by atoms with Crippen molar-refractivity contribution in [3.05, 3.63) is 72.2 Å². The van der Waals surface area contributed by atoms with Gasteiger partial charge in [-0.2, -0.15) is 5.26 Å². The smallest absolute Gasteiger partial charge is 0.264 e. The molecule has 0 atom stereocenters. The van der Waals surface area contributed by atoms with E-state index in [2.05, 4.69) is 9.97 Å². The van der Waals surface area contributed by atoms with Gasteiger partial charge in [-0.3, -0.25) is 4.79 Å². The van der Waals surface area contributed by atoms with Crippen LogP contribution in [-0.2, 0) is 11.3 Å². The van der Waals surface area contributed by atoms with Gasteiger partial charge in [0.1, 0.15) is 40.9 Å². The van der Waals surface area contributed by atoms with Crippen LogP contribution >= 0.6 is 0 Å². The highest BCUT2D eigenvalue weighted by Crippen LogP contribution is 2.39. The predicted octanol–water partition coefficient (Wildman–Crippen LogP) is 3.85. The Morgan fingerprint density at radius 2 is 1.83 bits per heavy atom. The number of rotatable bonds is 8. The van der Waals surface area contributed by atoms with Crippen LogP contribution in [0.2, 0.25) is 0 Å². The second-order valence-electron chi connectivity index (χ2n) is 8.26. The molecule has 0 unspecified atom stereocenters.